The Morgan fingerprint density at radius 1 is 0.828 bits per heavy atom. The van der Waals surface area contributed by atoms with Gasteiger partial charge in [-0.2, -0.15) is 0 Å². The van der Waals surface area contributed by atoms with Crippen LogP contribution in [0, 0.1) is 0 Å². The molecule has 0 aliphatic heterocycles. The molecule has 0 spiro atoms. The first-order valence-electron chi connectivity index (χ1n) is 11.0. The van der Waals surface area contributed by atoms with Gasteiger partial charge in [0.25, 0.3) is 0 Å². The van der Waals surface area contributed by atoms with Gasteiger partial charge < -0.3 is 0 Å². The summed E-state index contributed by atoms with van der Waals surface area (Å²) in [5, 5.41) is 2.26. The van der Waals surface area contributed by atoms with Gasteiger partial charge in [-0.25, -0.2) is 0 Å². The molecule has 0 saturated carbocycles. The Kier molecular flexibility index (Phi) is 9.45. The SMILES string of the molecule is CCCCCCc1ccsc1-c1ccc(-c2sc(C=O)cc2CCCCCC)[se]1. The van der Waals surface area contributed by atoms with Crippen LogP contribution in [0.5, 0.6) is 0 Å². The maximum atomic E-state index is 11.4. The zero-order valence-corrected chi connectivity index (χ0v) is 21.0. The zero-order valence-electron chi connectivity index (χ0n) is 17.7. The molecule has 0 unspecified atom stereocenters. The van der Waals surface area contributed by atoms with Gasteiger partial charge >= 0.3 is 191 Å². The molecule has 3 aromatic heterocycles. The van der Waals surface area contributed by atoms with Crippen LogP contribution in [-0.4, -0.2) is 20.8 Å². The number of hydrogen-bond acceptors (Lipinski definition) is 3. The van der Waals surface area contributed by atoms with Gasteiger partial charge in [-0.1, -0.05) is 0 Å². The molecular formula is C25H32OS2Se. The number of unbranched alkanes of at least 4 members (excludes halogenated alkanes) is 6. The number of aryl methyl sites for hydroxylation is 2. The maximum absolute atomic E-state index is 11.4. The predicted octanol–water partition coefficient (Wildman–Crippen LogP) is 8.26. The molecule has 1 nitrogen and oxygen atoms in total. The van der Waals surface area contributed by atoms with Crippen LogP contribution in [0.4, 0.5) is 0 Å². The molecule has 29 heavy (non-hydrogen) atoms. The summed E-state index contributed by atoms with van der Waals surface area (Å²) in [4.78, 5) is 15.1. The van der Waals surface area contributed by atoms with Crippen LogP contribution in [0.3, 0.4) is 0 Å². The molecule has 0 atom stereocenters. The van der Waals surface area contributed by atoms with Crippen LogP contribution in [0.25, 0.3) is 18.6 Å². The van der Waals surface area contributed by atoms with Crippen molar-refractivity contribution < 1.29 is 4.79 Å². The van der Waals surface area contributed by atoms with Crippen molar-refractivity contribution in [1.29, 1.82) is 0 Å². The van der Waals surface area contributed by atoms with Crippen LogP contribution < -0.4 is 0 Å². The third kappa shape index (κ3) is 6.27. The van der Waals surface area contributed by atoms with Crippen molar-refractivity contribution in [2.24, 2.45) is 0 Å². The van der Waals surface area contributed by atoms with E-state index in [1.165, 1.54) is 87.5 Å². The average molecular weight is 492 g/mol. The van der Waals surface area contributed by atoms with Crippen molar-refractivity contribution in [1.82, 2.24) is 0 Å². The van der Waals surface area contributed by atoms with E-state index in [-0.39, 0.29) is 0 Å². The van der Waals surface area contributed by atoms with Gasteiger partial charge in [0.05, 0.1) is 0 Å². The molecule has 0 N–H and O–H groups in total. The monoisotopic (exact) mass is 492 g/mol. The fourth-order valence-electron chi connectivity index (χ4n) is 3.72. The summed E-state index contributed by atoms with van der Waals surface area (Å²) in [6, 6.07) is 9.14. The van der Waals surface area contributed by atoms with Gasteiger partial charge in [-0.05, 0) is 0 Å². The molecule has 4 heteroatoms. The Balaban J connectivity index is 1.76. The topological polar surface area (TPSA) is 17.1 Å². The second-order valence-corrected chi connectivity index (χ2v) is 12.0. The summed E-state index contributed by atoms with van der Waals surface area (Å²) in [7, 11) is 0. The van der Waals surface area contributed by atoms with E-state index in [2.05, 4.69) is 43.5 Å². The summed E-state index contributed by atoms with van der Waals surface area (Å²) in [5.41, 5.74) is 2.93. The molecule has 0 aromatic carbocycles. The first kappa shape index (κ1) is 22.7. The molecule has 3 heterocycles. The Morgan fingerprint density at radius 3 is 2.14 bits per heavy atom. The Bertz CT molecular complexity index is 886. The standard InChI is InChI=1S/C25H32OS2Se/c1-3-5-7-9-11-19-15-16-27-24(19)22-13-14-23(29-22)25-20(12-10-8-6-4-2)17-21(18-26)28-25/h13-18H,3-12H2,1-2H3. The normalized spacial score (nSPS) is 11.2. The molecule has 0 aliphatic rings. The van der Waals surface area contributed by atoms with E-state index in [1.807, 2.05) is 11.3 Å². The molecule has 0 bridgehead atoms. The van der Waals surface area contributed by atoms with E-state index in [9.17, 15) is 4.79 Å². The van der Waals surface area contributed by atoms with E-state index in [0.29, 0.717) is 14.5 Å². The minimum absolute atomic E-state index is 0.339. The molecule has 3 aromatic rings. The Labute approximate surface area is 189 Å². The van der Waals surface area contributed by atoms with Crippen molar-refractivity contribution in [3.8, 4) is 18.6 Å². The molecule has 3 rings (SSSR count). The van der Waals surface area contributed by atoms with E-state index in [1.54, 1.807) is 11.3 Å². The van der Waals surface area contributed by atoms with E-state index in [4.69, 9.17) is 0 Å². The van der Waals surface area contributed by atoms with Crippen molar-refractivity contribution in [3.05, 3.63) is 45.6 Å². The second kappa shape index (κ2) is 12.1. The first-order valence-corrected chi connectivity index (χ1v) is 14.4. The summed E-state index contributed by atoms with van der Waals surface area (Å²) in [6.07, 6.45) is 13.7. The van der Waals surface area contributed by atoms with Crippen molar-refractivity contribution in [2.45, 2.75) is 78.1 Å². The third-order valence-corrected chi connectivity index (χ3v) is 10.4. The van der Waals surface area contributed by atoms with Crippen molar-refractivity contribution in [2.75, 3.05) is 0 Å². The van der Waals surface area contributed by atoms with Crippen molar-refractivity contribution in [3.63, 3.8) is 0 Å². The predicted molar refractivity (Wildman–Crippen MR) is 131 cm³/mol. The molecule has 0 fully saturated rings. The Hall–Kier alpha value is -0.931. The number of carbonyl (C=O) groups is 1. The number of hydrogen-bond donors (Lipinski definition) is 0. The zero-order chi connectivity index (χ0) is 20.5. The van der Waals surface area contributed by atoms with Crippen LogP contribution >= 0.6 is 22.7 Å². The molecule has 0 saturated heterocycles. The van der Waals surface area contributed by atoms with E-state index < -0.39 is 0 Å². The van der Waals surface area contributed by atoms with Gasteiger partial charge in [0.2, 0.25) is 0 Å². The van der Waals surface area contributed by atoms with Crippen LogP contribution in [0.1, 0.15) is 86.0 Å². The Morgan fingerprint density at radius 2 is 1.48 bits per heavy atom. The number of thiophene rings is 2. The fourth-order valence-corrected chi connectivity index (χ4v) is 8.54. The third-order valence-electron chi connectivity index (χ3n) is 5.34. The molecular weight excluding hydrogens is 459 g/mol. The summed E-state index contributed by atoms with van der Waals surface area (Å²) < 4.78 is 2.98. The molecule has 0 radical (unpaired) electrons. The van der Waals surface area contributed by atoms with Gasteiger partial charge in [0.15, 0.2) is 0 Å². The van der Waals surface area contributed by atoms with Crippen LogP contribution in [0.2, 0.25) is 0 Å². The number of aldehydes is 1. The molecule has 0 amide bonds. The quantitative estimate of drug-likeness (QED) is 0.134. The van der Waals surface area contributed by atoms with Gasteiger partial charge in [0.1, 0.15) is 0 Å². The number of rotatable bonds is 13. The second-order valence-electron chi connectivity index (χ2n) is 7.68. The van der Waals surface area contributed by atoms with Crippen LogP contribution in [-0.2, 0) is 12.8 Å². The van der Waals surface area contributed by atoms with Gasteiger partial charge in [0, 0.05) is 0 Å². The van der Waals surface area contributed by atoms with Crippen LogP contribution in [0.15, 0.2) is 29.6 Å². The number of carbonyl (C=O) groups excluding carboxylic acids is 1. The minimum atomic E-state index is 0.339. The van der Waals surface area contributed by atoms with Gasteiger partial charge in [-0.3, -0.25) is 0 Å². The van der Waals surface area contributed by atoms with E-state index in [0.717, 1.165) is 17.6 Å². The summed E-state index contributed by atoms with van der Waals surface area (Å²) >= 11 is 3.93. The molecule has 0 aliphatic carbocycles. The fraction of sp³-hybridized carbons (Fsp3) is 0.480. The average Bonchev–Trinajstić information content (AvgIpc) is 3.47. The van der Waals surface area contributed by atoms with E-state index >= 15 is 0 Å². The first-order chi connectivity index (χ1) is 14.3. The van der Waals surface area contributed by atoms with Gasteiger partial charge in [-0.15, -0.1) is 0 Å². The summed E-state index contributed by atoms with van der Waals surface area (Å²) in [6.45, 7) is 4.52. The van der Waals surface area contributed by atoms with Crippen molar-refractivity contribution >= 4 is 43.5 Å². The molecule has 156 valence electrons. The summed E-state index contributed by atoms with van der Waals surface area (Å²) in [5.74, 6) is 0.